The Labute approximate surface area is 116 Å². The molecule has 2 rings (SSSR count). The summed E-state index contributed by atoms with van der Waals surface area (Å²) < 4.78 is 11.1. The van der Waals surface area contributed by atoms with E-state index in [1.165, 1.54) is 6.07 Å². The molecule has 0 aromatic heterocycles. The first-order valence-corrected chi connectivity index (χ1v) is 6.82. The van der Waals surface area contributed by atoms with Crippen molar-refractivity contribution in [2.24, 2.45) is 0 Å². The van der Waals surface area contributed by atoms with Gasteiger partial charge in [0, 0.05) is 18.6 Å². The molecule has 0 saturated carbocycles. The van der Waals surface area contributed by atoms with E-state index in [0.29, 0.717) is 12.5 Å². The van der Waals surface area contributed by atoms with Gasteiger partial charge in [0.15, 0.2) is 5.75 Å². The average molecular weight is 286 g/mol. The van der Waals surface area contributed by atoms with E-state index >= 15 is 0 Å². The largest absolute Gasteiger partial charge is 0.484 e. The Morgan fingerprint density at radius 1 is 1.47 bits per heavy atom. The fourth-order valence-electron chi connectivity index (χ4n) is 2.03. The number of alkyl halides is 1. The molecular formula is C13H16ClNO4. The summed E-state index contributed by atoms with van der Waals surface area (Å²) in [6, 6.07) is 4.68. The van der Waals surface area contributed by atoms with Crippen molar-refractivity contribution in [1.29, 1.82) is 0 Å². The number of nitro groups is 1. The number of hydrogen-bond donors (Lipinski definition) is 0. The third-order valence-corrected chi connectivity index (χ3v) is 3.38. The Morgan fingerprint density at radius 3 is 2.95 bits per heavy atom. The quantitative estimate of drug-likeness (QED) is 0.473. The van der Waals surface area contributed by atoms with Gasteiger partial charge in [0.2, 0.25) is 0 Å². The van der Waals surface area contributed by atoms with Crippen LogP contribution in [0.1, 0.15) is 24.8 Å². The van der Waals surface area contributed by atoms with E-state index in [1.54, 1.807) is 12.1 Å². The minimum absolute atomic E-state index is 0.0213. The smallest absolute Gasteiger partial charge is 0.310 e. The lowest BCUT2D eigenvalue weighted by atomic mass is 10.1. The zero-order valence-corrected chi connectivity index (χ0v) is 11.3. The molecule has 0 N–H and O–H groups in total. The molecule has 5 nitrogen and oxygen atoms in total. The van der Waals surface area contributed by atoms with E-state index in [2.05, 4.69) is 0 Å². The summed E-state index contributed by atoms with van der Waals surface area (Å²) in [4.78, 5) is 10.5. The highest BCUT2D eigenvalue weighted by molar-refractivity contribution is 6.17. The summed E-state index contributed by atoms with van der Waals surface area (Å²) in [6.07, 6.45) is 3.13. The van der Waals surface area contributed by atoms with Gasteiger partial charge < -0.3 is 9.47 Å². The van der Waals surface area contributed by atoms with E-state index in [4.69, 9.17) is 21.1 Å². The second kappa shape index (κ2) is 6.73. The third kappa shape index (κ3) is 3.81. The predicted molar refractivity (Wildman–Crippen MR) is 71.7 cm³/mol. The lowest BCUT2D eigenvalue weighted by molar-refractivity contribution is -0.386. The maximum absolute atomic E-state index is 10.9. The minimum atomic E-state index is -0.449. The summed E-state index contributed by atoms with van der Waals surface area (Å²) in [5.74, 6) is 0.561. The Bertz CT molecular complexity index is 446. The molecule has 6 heteroatoms. The van der Waals surface area contributed by atoms with Crippen LogP contribution in [0.2, 0.25) is 0 Å². The van der Waals surface area contributed by atoms with Gasteiger partial charge in [-0.1, -0.05) is 6.07 Å². The number of nitrogens with zero attached hydrogens (tertiary/aromatic N) is 1. The van der Waals surface area contributed by atoms with Crippen molar-refractivity contribution in [3.8, 4) is 5.75 Å². The number of ether oxygens (including phenoxy) is 2. The maximum atomic E-state index is 10.9. The van der Waals surface area contributed by atoms with Crippen molar-refractivity contribution in [1.82, 2.24) is 0 Å². The number of halogens is 1. The molecule has 0 amide bonds. The van der Waals surface area contributed by atoms with Crippen LogP contribution < -0.4 is 4.74 Å². The van der Waals surface area contributed by atoms with Gasteiger partial charge >= 0.3 is 5.69 Å². The molecule has 19 heavy (non-hydrogen) atoms. The standard InChI is InChI=1S/C13H16ClNO4/c14-8-10-4-5-12(15(16)17)13(7-10)19-9-11-3-1-2-6-18-11/h4-5,7,11H,1-3,6,8-9H2. The summed E-state index contributed by atoms with van der Waals surface area (Å²) in [5, 5.41) is 10.9. The molecule has 0 aliphatic carbocycles. The van der Waals surface area contributed by atoms with Crippen LogP contribution in [0.5, 0.6) is 5.75 Å². The van der Waals surface area contributed by atoms with Crippen LogP contribution in [0.15, 0.2) is 18.2 Å². The fourth-order valence-corrected chi connectivity index (χ4v) is 2.20. The lowest BCUT2D eigenvalue weighted by Crippen LogP contribution is -2.25. The van der Waals surface area contributed by atoms with Crippen LogP contribution in [-0.2, 0) is 10.6 Å². The molecule has 1 fully saturated rings. The molecule has 0 bridgehead atoms. The average Bonchev–Trinajstić information content (AvgIpc) is 2.45. The first kappa shape index (κ1) is 14.1. The van der Waals surface area contributed by atoms with Gasteiger partial charge in [0.25, 0.3) is 0 Å². The molecule has 1 aliphatic rings. The first-order chi connectivity index (χ1) is 9.20. The van der Waals surface area contributed by atoms with Gasteiger partial charge in [0.1, 0.15) is 6.61 Å². The van der Waals surface area contributed by atoms with E-state index in [-0.39, 0.29) is 17.5 Å². The van der Waals surface area contributed by atoms with Crippen molar-refractivity contribution in [2.45, 2.75) is 31.2 Å². The molecule has 1 heterocycles. The number of hydrogen-bond acceptors (Lipinski definition) is 4. The van der Waals surface area contributed by atoms with Crippen LogP contribution in [0.4, 0.5) is 5.69 Å². The van der Waals surface area contributed by atoms with Crippen LogP contribution in [0, 0.1) is 10.1 Å². The zero-order valence-electron chi connectivity index (χ0n) is 10.5. The highest BCUT2D eigenvalue weighted by Gasteiger charge is 2.19. The molecule has 1 atom stereocenters. The van der Waals surface area contributed by atoms with Crippen LogP contribution in [0.25, 0.3) is 0 Å². The summed E-state index contributed by atoms with van der Waals surface area (Å²) in [5.41, 5.74) is 0.761. The monoisotopic (exact) mass is 285 g/mol. The van der Waals surface area contributed by atoms with E-state index in [1.807, 2.05) is 0 Å². The highest BCUT2D eigenvalue weighted by Crippen LogP contribution is 2.29. The number of nitro benzene ring substituents is 1. The summed E-state index contributed by atoms with van der Waals surface area (Å²) >= 11 is 5.73. The first-order valence-electron chi connectivity index (χ1n) is 6.28. The predicted octanol–water partition coefficient (Wildman–Crippen LogP) is 3.28. The molecule has 1 unspecified atom stereocenters. The minimum Gasteiger partial charge on any atom is -0.484 e. The third-order valence-electron chi connectivity index (χ3n) is 3.07. The van der Waals surface area contributed by atoms with Gasteiger partial charge in [-0.05, 0) is 30.9 Å². The summed E-state index contributed by atoms with van der Waals surface area (Å²) in [7, 11) is 0. The molecule has 1 saturated heterocycles. The van der Waals surface area contributed by atoms with E-state index in [9.17, 15) is 10.1 Å². The van der Waals surface area contributed by atoms with Crippen molar-refractivity contribution in [3.05, 3.63) is 33.9 Å². The normalized spacial score (nSPS) is 19.1. The zero-order chi connectivity index (χ0) is 13.7. The van der Waals surface area contributed by atoms with Gasteiger partial charge in [-0.2, -0.15) is 0 Å². The maximum Gasteiger partial charge on any atom is 0.310 e. The topological polar surface area (TPSA) is 61.6 Å². The molecule has 104 valence electrons. The van der Waals surface area contributed by atoms with Gasteiger partial charge in [-0.3, -0.25) is 10.1 Å². The van der Waals surface area contributed by atoms with Crippen molar-refractivity contribution < 1.29 is 14.4 Å². The van der Waals surface area contributed by atoms with Crippen molar-refractivity contribution in [2.75, 3.05) is 13.2 Å². The number of benzene rings is 1. The highest BCUT2D eigenvalue weighted by atomic mass is 35.5. The molecular weight excluding hydrogens is 270 g/mol. The fraction of sp³-hybridized carbons (Fsp3) is 0.538. The Morgan fingerprint density at radius 2 is 2.32 bits per heavy atom. The van der Waals surface area contributed by atoms with E-state index in [0.717, 1.165) is 31.4 Å². The Hall–Kier alpha value is -1.33. The second-order valence-electron chi connectivity index (χ2n) is 4.49. The van der Waals surface area contributed by atoms with E-state index < -0.39 is 4.92 Å². The molecule has 0 spiro atoms. The van der Waals surface area contributed by atoms with Gasteiger partial charge in [-0.25, -0.2) is 0 Å². The van der Waals surface area contributed by atoms with Crippen molar-refractivity contribution in [3.63, 3.8) is 0 Å². The van der Waals surface area contributed by atoms with Gasteiger partial charge in [0.05, 0.1) is 11.0 Å². The molecule has 1 aromatic carbocycles. The Kier molecular flexibility index (Phi) is 4.99. The second-order valence-corrected chi connectivity index (χ2v) is 4.76. The van der Waals surface area contributed by atoms with Crippen LogP contribution >= 0.6 is 11.6 Å². The van der Waals surface area contributed by atoms with Crippen molar-refractivity contribution >= 4 is 17.3 Å². The van der Waals surface area contributed by atoms with Crippen LogP contribution in [0.3, 0.4) is 0 Å². The summed E-state index contributed by atoms with van der Waals surface area (Å²) in [6.45, 7) is 1.07. The molecule has 1 aliphatic heterocycles. The van der Waals surface area contributed by atoms with Gasteiger partial charge in [-0.15, -0.1) is 11.6 Å². The SMILES string of the molecule is O=[N+]([O-])c1ccc(CCl)cc1OCC1CCCCO1. The number of rotatable bonds is 5. The molecule has 1 aromatic rings. The lowest BCUT2D eigenvalue weighted by Gasteiger charge is -2.22. The Balaban J connectivity index is 2.06. The van der Waals surface area contributed by atoms with Crippen LogP contribution in [-0.4, -0.2) is 24.2 Å². The molecule has 0 radical (unpaired) electrons.